The van der Waals surface area contributed by atoms with E-state index in [2.05, 4.69) is 35.8 Å². The molecule has 0 aliphatic carbocycles. The summed E-state index contributed by atoms with van der Waals surface area (Å²) in [5.74, 6) is 0.770. The zero-order chi connectivity index (χ0) is 8.55. The normalized spacial score (nSPS) is 10.8. The third kappa shape index (κ3) is 1.10. The number of thiol groups is 1. The van der Waals surface area contributed by atoms with E-state index in [9.17, 15) is 0 Å². The second-order valence-corrected chi connectivity index (χ2v) is 3.15. The summed E-state index contributed by atoms with van der Waals surface area (Å²) >= 11 is 4.21. The van der Waals surface area contributed by atoms with Gasteiger partial charge in [0.05, 0.1) is 17.4 Å². The summed E-state index contributed by atoms with van der Waals surface area (Å²) in [6, 6.07) is 6.23. The lowest BCUT2D eigenvalue weighted by atomic mass is 10.2. The van der Waals surface area contributed by atoms with Crippen LogP contribution in [-0.2, 0) is 12.8 Å². The highest BCUT2D eigenvalue weighted by molar-refractivity contribution is 7.79. The van der Waals surface area contributed by atoms with Gasteiger partial charge < -0.3 is 4.57 Å². The van der Waals surface area contributed by atoms with Crippen LogP contribution in [0.1, 0.15) is 5.56 Å². The molecule has 2 aromatic rings. The van der Waals surface area contributed by atoms with Crippen LogP contribution in [0.15, 0.2) is 24.5 Å². The number of benzene rings is 1. The van der Waals surface area contributed by atoms with E-state index in [4.69, 9.17) is 0 Å². The van der Waals surface area contributed by atoms with Crippen LogP contribution in [0.2, 0.25) is 0 Å². The largest absolute Gasteiger partial charge is 0.334 e. The van der Waals surface area contributed by atoms with E-state index in [0.29, 0.717) is 0 Å². The van der Waals surface area contributed by atoms with Crippen molar-refractivity contribution in [2.75, 3.05) is 0 Å². The molecule has 3 heteroatoms. The number of aryl methyl sites for hydroxylation is 1. The number of fused-ring (bicyclic) bond motifs is 1. The predicted molar refractivity (Wildman–Crippen MR) is 53.4 cm³/mol. The van der Waals surface area contributed by atoms with Crippen LogP contribution in [0, 0.1) is 0 Å². The Bertz CT molecular complexity index is 406. The van der Waals surface area contributed by atoms with Crippen molar-refractivity contribution in [3.8, 4) is 0 Å². The van der Waals surface area contributed by atoms with Gasteiger partial charge in [-0.3, -0.25) is 0 Å². The lowest BCUT2D eigenvalue weighted by Gasteiger charge is -1.96. The Balaban J connectivity index is 2.69. The molecule has 0 fully saturated rings. The molecular weight excluding hydrogens is 168 g/mol. The molecule has 0 unspecified atom stereocenters. The van der Waals surface area contributed by atoms with Gasteiger partial charge in [-0.15, -0.1) is 0 Å². The Morgan fingerprint density at radius 1 is 1.50 bits per heavy atom. The molecule has 0 aliphatic heterocycles. The molecule has 0 saturated carbocycles. The van der Waals surface area contributed by atoms with E-state index in [1.807, 2.05) is 17.9 Å². The van der Waals surface area contributed by atoms with Crippen LogP contribution in [-0.4, -0.2) is 9.55 Å². The molecule has 1 heterocycles. The molecular formula is C9H10N2S. The molecule has 0 bridgehead atoms. The van der Waals surface area contributed by atoms with Crippen molar-refractivity contribution in [3.63, 3.8) is 0 Å². The van der Waals surface area contributed by atoms with Gasteiger partial charge in [0.2, 0.25) is 0 Å². The maximum absolute atomic E-state index is 4.26. The summed E-state index contributed by atoms with van der Waals surface area (Å²) in [5.41, 5.74) is 3.43. The Hall–Kier alpha value is -0.960. The molecule has 2 nitrogen and oxygen atoms in total. The van der Waals surface area contributed by atoms with Crippen LogP contribution >= 0.6 is 12.6 Å². The molecule has 0 aliphatic rings. The summed E-state index contributed by atoms with van der Waals surface area (Å²) < 4.78 is 2.01. The molecule has 0 atom stereocenters. The predicted octanol–water partition coefficient (Wildman–Crippen LogP) is 2.00. The first-order valence-corrected chi connectivity index (χ1v) is 4.45. The van der Waals surface area contributed by atoms with Crippen molar-refractivity contribution in [1.29, 1.82) is 0 Å². The van der Waals surface area contributed by atoms with Gasteiger partial charge in [0.1, 0.15) is 0 Å². The minimum absolute atomic E-state index is 0.770. The van der Waals surface area contributed by atoms with E-state index in [1.54, 1.807) is 0 Å². The molecule has 1 aromatic heterocycles. The van der Waals surface area contributed by atoms with Gasteiger partial charge in [-0.25, -0.2) is 4.98 Å². The molecule has 62 valence electrons. The van der Waals surface area contributed by atoms with Crippen LogP contribution in [0.25, 0.3) is 11.0 Å². The third-order valence-corrected chi connectivity index (χ3v) is 2.34. The maximum atomic E-state index is 4.26. The third-order valence-electron chi connectivity index (χ3n) is 1.97. The maximum Gasteiger partial charge on any atom is 0.0955 e. The number of hydrogen-bond donors (Lipinski definition) is 1. The summed E-state index contributed by atoms with van der Waals surface area (Å²) in [7, 11) is 2.00. The molecule has 0 radical (unpaired) electrons. The topological polar surface area (TPSA) is 17.8 Å². The standard InChI is InChI=1S/C9H10N2S/c1-11-6-10-8-4-7(5-12)2-3-9(8)11/h2-4,6,12H,5H2,1H3. The SMILES string of the molecule is Cn1cnc2cc(CS)ccc21. The summed E-state index contributed by atoms with van der Waals surface area (Å²) in [4.78, 5) is 4.26. The minimum atomic E-state index is 0.770. The zero-order valence-corrected chi connectivity index (χ0v) is 7.75. The van der Waals surface area contributed by atoms with Gasteiger partial charge in [-0.1, -0.05) is 6.07 Å². The fraction of sp³-hybridized carbons (Fsp3) is 0.222. The van der Waals surface area contributed by atoms with Crippen molar-refractivity contribution in [3.05, 3.63) is 30.1 Å². The number of rotatable bonds is 1. The molecule has 0 amide bonds. The fourth-order valence-corrected chi connectivity index (χ4v) is 1.48. The highest BCUT2D eigenvalue weighted by atomic mass is 32.1. The summed E-state index contributed by atoms with van der Waals surface area (Å²) in [5, 5.41) is 0. The molecule has 12 heavy (non-hydrogen) atoms. The van der Waals surface area contributed by atoms with Crippen molar-refractivity contribution >= 4 is 23.7 Å². The van der Waals surface area contributed by atoms with Gasteiger partial charge in [0, 0.05) is 12.8 Å². The second-order valence-electron chi connectivity index (χ2n) is 2.84. The van der Waals surface area contributed by atoms with Crippen LogP contribution < -0.4 is 0 Å². The Kier molecular flexibility index (Phi) is 1.81. The van der Waals surface area contributed by atoms with E-state index >= 15 is 0 Å². The number of hydrogen-bond acceptors (Lipinski definition) is 2. The monoisotopic (exact) mass is 178 g/mol. The van der Waals surface area contributed by atoms with Crippen LogP contribution in [0.4, 0.5) is 0 Å². The lowest BCUT2D eigenvalue weighted by molar-refractivity contribution is 0.947. The van der Waals surface area contributed by atoms with Crippen molar-refractivity contribution in [2.45, 2.75) is 5.75 Å². The summed E-state index contributed by atoms with van der Waals surface area (Å²) in [6.45, 7) is 0. The number of nitrogens with zero attached hydrogens (tertiary/aromatic N) is 2. The molecule has 0 N–H and O–H groups in total. The van der Waals surface area contributed by atoms with Gasteiger partial charge in [-0.2, -0.15) is 12.6 Å². The average molecular weight is 178 g/mol. The van der Waals surface area contributed by atoms with Crippen molar-refractivity contribution in [2.24, 2.45) is 7.05 Å². The average Bonchev–Trinajstić information content (AvgIpc) is 2.47. The van der Waals surface area contributed by atoms with E-state index < -0.39 is 0 Å². The molecule has 1 aromatic carbocycles. The Morgan fingerprint density at radius 2 is 2.33 bits per heavy atom. The second kappa shape index (κ2) is 2.83. The van der Waals surface area contributed by atoms with E-state index in [0.717, 1.165) is 11.3 Å². The Labute approximate surface area is 76.6 Å². The van der Waals surface area contributed by atoms with Gasteiger partial charge in [0.15, 0.2) is 0 Å². The van der Waals surface area contributed by atoms with Crippen molar-refractivity contribution in [1.82, 2.24) is 9.55 Å². The molecule has 0 spiro atoms. The van der Waals surface area contributed by atoms with E-state index in [-0.39, 0.29) is 0 Å². The summed E-state index contributed by atoms with van der Waals surface area (Å²) in [6.07, 6.45) is 1.83. The molecule has 0 saturated heterocycles. The first-order valence-electron chi connectivity index (χ1n) is 3.82. The first-order chi connectivity index (χ1) is 5.81. The van der Waals surface area contributed by atoms with Gasteiger partial charge in [-0.05, 0) is 17.7 Å². The first kappa shape index (κ1) is 7.68. The highest BCUT2D eigenvalue weighted by Crippen LogP contribution is 2.14. The van der Waals surface area contributed by atoms with Crippen molar-refractivity contribution < 1.29 is 0 Å². The van der Waals surface area contributed by atoms with E-state index in [1.165, 1.54) is 11.1 Å². The van der Waals surface area contributed by atoms with Crippen LogP contribution in [0.3, 0.4) is 0 Å². The fourth-order valence-electron chi connectivity index (χ4n) is 1.28. The van der Waals surface area contributed by atoms with Gasteiger partial charge >= 0.3 is 0 Å². The smallest absolute Gasteiger partial charge is 0.0955 e. The highest BCUT2D eigenvalue weighted by Gasteiger charge is 1.98. The minimum Gasteiger partial charge on any atom is -0.334 e. The quantitative estimate of drug-likeness (QED) is 0.661. The lowest BCUT2D eigenvalue weighted by Crippen LogP contribution is -1.83. The Morgan fingerprint density at radius 3 is 3.08 bits per heavy atom. The zero-order valence-electron chi connectivity index (χ0n) is 6.86. The number of imidazole rings is 1. The number of aromatic nitrogens is 2. The van der Waals surface area contributed by atoms with Crippen LogP contribution in [0.5, 0.6) is 0 Å². The molecule has 2 rings (SSSR count). The van der Waals surface area contributed by atoms with Gasteiger partial charge in [0.25, 0.3) is 0 Å².